The Morgan fingerprint density at radius 2 is 2.12 bits per heavy atom. The Balaban J connectivity index is 2.57. The Hall–Kier alpha value is -1.55. The van der Waals surface area contributed by atoms with E-state index in [9.17, 15) is 0 Å². The van der Waals surface area contributed by atoms with Gasteiger partial charge >= 0.3 is 7.32 Å². The van der Waals surface area contributed by atoms with E-state index < -0.39 is 7.32 Å². The molecule has 2 N–H and O–H groups in total. The molecule has 0 spiro atoms. The minimum atomic E-state index is -1.83. The van der Waals surface area contributed by atoms with E-state index in [-0.39, 0.29) is 0 Å². The van der Waals surface area contributed by atoms with Crippen LogP contribution in [0.2, 0.25) is 0 Å². The monoisotopic (exact) mass is 233 g/mol. The molecule has 0 amide bonds. The second-order valence-electron chi connectivity index (χ2n) is 3.35. The van der Waals surface area contributed by atoms with Crippen molar-refractivity contribution in [1.29, 1.82) is 5.26 Å². The highest BCUT2D eigenvalue weighted by Crippen LogP contribution is 2.34. The smallest absolute Gasteiger partial charge is 0.504 e. The quantitative estimate of drug-likeness (QED) is 0.769. The maximum absolute atomic E-state index is 8.97. The topological polar surface area (TPSA) is 73.5 Å². The van der Waals surface area contributed by atoms with Crippen molar-refractivity contribution in [3.05, 3.63) is 29.3 Å². The van der Waals surface area contributed by atoms with E-state index in [0.29, 0.717) is 10.6 Å². The fourth-order valence-corrected chi connectivity index (χ4v) is 2.50. The molecule has 1 heterocycles. The summed E-state index contributed by atoms with van der Waals surface area (Å²) < 4.78 is 5.55. The summed E-state index contributed by atoms with van der Waals surface area (Å²) >= 11 is 1.22. The number of nitriles is 1. The summed E-state index contributed by atoms with van der Waals surface area (Å²) in [6, 6.07) is 7.50. The second-order valence-corrected chi connectivity index (χ2v) is 4.37. The van der Waals surface area contributed by atoms with Gasteiger partial charge in [-0.2, -0.15) is 5.26 Å². The van der Waals surface area contributed by atoms with E-state index >= 15 is 0 Å². The van der Waals surface area contributed by atoms with Crippen LogP contribution in [0.5, 0.6) is 5.06 Å². The molecule has 2 aromatic rings. The third kappa shape index (κ3) is 2.02. The van der Waals surface area contributed by atoms with Crippen LogP contribution in [0.1, 0.15) is 11.1 Å². The van der Waals surface area contributed by atoms with Crippen LogP contribution in [0.15, 0.2) is 18.2 Å². The zero-order valence-electron chi connectivity index (χ0n) is 8.47. The predicted octanol–water partition coefficient (Wildman–Crippen LogP) is 1.43. The first kappa shape index (κ1) is 11.0. The van der Waals surface area contributed by atoms with Crippen LogP contribution in [0.4, 0.5) is 0 Å². The molecule has 0 atom stereocenters. The lowest BCUT2D eigenvalue weighted by molar-refractivity contribution is 0.292. The average molecular weight is 233 g/mol. The normalized spacial score (nSPS) is 10.1. The third-order valence-electron chi connectivity index (χ3n) is 2.08. The molecule has 0 aliphatic carbocycles. The molecule has 4 nitrogen and oxygen atoms in total. The van der Waals surface area contributed by atoms with Gasteiger partial charge in [0, 0.05) is 0 Å². The highest BCUT2D eigenvalue weighted by Gasteiger charge is 2.14. The number of benzene rings is 1. The molecule has 0 bridgehead atoms. The van der Waals surface area contributed by atoms with Gasteiger partial charge < -0.3 is 14.7 Å². The molecular formula is C10H8BNO3S. The van der Waals surface area contributed by atoms with Gasteiger partial charge in [-0.15, -0.1) is 0 Å². The number of thiophene rings is 1. The van der Waals surface area contributed by atoms with Gasteiger partial charge in [-0.1, -0.05) is 17.4 Å². The van der Waals surface area contributed by atoms with Gasteiger partial charge in [0.05, 0.1) is 10.3 Å². The molecule has 0 saturated heterocycles. The molecule has 80 valence electrons. The third-order valence-corrected chi connectivity index (χ3v) is 3.16. The van der Waals surface area contributed by atoms with Gasteiger partial charge in [0.25, 0.3) is 0 Å². The zero-order valence-corrected chi connectivity index (χ0v) is 9.28. The van der Waals surface area contributed by atoms with Crippen molar-refractivity contribution in [3.8, 4) is 11.1 Å². The standard InChI is InChI=1S/C10H8BNO3S/c1-6-2-7-4-9(15-11(13)14)16-10(7)8(3-6)5-12/h2-4,13-14H,1H3. The summed E-state index contributed by atoms with van der Waals surface area (Å²) in [4.78, 5) is 0. The van der Waals surface area contributed by atoms with Gasteiger partial charge in [0.1, 0.15) is 6.07 Å². The van der Waals surface area contributed by atoms with E-state index in [0.717, 1.165) is 15.6 Å². The number of hydrogen-bond acceptors (Lipinski definition) is 5. The van der Waals surface area contributed by atoms with Gasteiger partial charge in [0.15, 0.2) is 5.06 Å². The molecule has 2 rings (SSSR count). The lowest BCUT2D eigenvalue weighted by atomic mass is 10.1. The molecule has 1 aromatic carbocycles. The highest BCUT2D eigenvalue weighted by atomic mass is 32.1. The first-order valence-electron chi connectivity index (χ1n) is 4.57. The van der Waals surface area contributed by atoms with Crippen molar-refractivity contribution in [2.75, 3.05) is 0 Å². The summed E-state index contributed by atoms with van der Waals surface area (Å²) in [5.41, 5.74) is 1.56. The molecule has 6 heteroatoms. The molecule has 0 aliphatic heterocycles. The summed E-state index contributed by atoms with van der Waals surface area (Å²) in [5, 5.41) is 27.6. The van der Waals surface area contributed by atoms with E-state index in [1.807, 2.05) is 13.0 Å². The molecule has 0 saturated carbocycles. The number of hydrogen-bond donors (Lipinski definition) is 2. The Bertz CT molecular complexity index is 573. The second kappa shape index (κ2) is 4.14. The first-order chi connectivity index (χ1) is 7.60. The minimum Gasteiger partial charge on any atom is -0.504 e. The van der Waals surface area contributed by atoms with E-state index in [1.54, 1.807) is 12.1 Å². The van der Waals surface area contributed by atoms with Crippen LogP contribution in [-0.4, -0.2) is 17.4 Å². The van der Waals surface area contributed by atoms with Crippen LogP contribution in [0.25, 0.3) is 10.1 Å². The lowest BCUT2D eigenvalue weighted by Crippen LogP contribution is -2.19. The number of fused-ring (bicyclic) bond motifs is 1. The number of nitrogens with zero attached hydrogens (tertiary/aromatic N) is 1. The van der Waals surface area contributed by atoms with Gasteiger partial charge in [-0.25, -0.2) is 0 Å². The fourth-order valence-electron chi connectivity index (χ4n) is 1.52. The summed E-state index contributed by atoms with van der Waals surface area (Å²) in [6.45, 7) is 1.90. The Morgan fingerprint density at radius 1 is 1.38 bits per heavy atom. The van der Waals surface area contributed by atoms with E-state index in [2.05, 4.69) is 6.07 Å². The van der Waals surface area contributed by atoms with Crippen LogP contribution in [0.3, 0.4) is 0 Å². The fraction of sp³-hybridized carbons (Fsp3) is 0.100. The maximum Gasteiger partial charge on any atom is 0.708 e. The van der Waals surface area contributed by atoms with Crippen molar-refractivity contribution in [2.24, 2.45) is 0 Å². The van der Waals surface area contributed by atoms with E-state index in [1.165, 1.54) is 11.3 Å². The van der Waals surface area contributed by atoms with Crippen LogP contribution in [-0.2, 0) is 0 Å². The minimum absolute atomic E-state index is 0.382. The van der Waals surface area contributed by atoms with Gasteiger partial charge in [-0.3, -0.25) is 0 Å². The molecule has 1 aromatic heterocycles. The van der Waals surface area contributed by atoms with Crippen molar-refractivity contribution in [1.82, 2.24) is 0 Å². The SMILES string of the molecule is Cc1cc(C#N)c2sc(OB(O)O)cc2c1. The first-order valence-corrected chi connectivity index (χ1v) is 5.39. The predicted molar refractivity (Wildman–Crippen MR) is 62.1 cm³/mol. The average Bonchev–Trinajstić information content (AvgIpc) is 2.57. The zero-order chi connectivity index (χ0) is 11.7. The van der Waals surface area contributed by atoms with Crippen molar-refractivity contribution in [2.45, 2.75) is 6.92 Å². The van der Waals surface area contributed by atoms with Gasteiger partial charge in [-0.05, 0) is 30.0 Å². The van der Waals surface area contributed by atoms with Crippen LogP contribution in [0, 0.1) is 18.3 Å². The van der Waals surface area contributed by atoms with Gasteiger partial charge in [0.2, 0.25) is 0 Å². The van der Waals surface area contributed by atoms with Crippen molar-refractivity contribution in [3.63, 3.8) is 0 Å². The summed E-state index contributed by atoms with van der Waals surface area (Å²) in [7, 11) is -1.83. The molecule has 0 unspecified atom stereocenters. The summed E-state index contributed by atoms with van der Waals surface area (Å²) in [6.07, 6.45) is 0. The van der Waals surface area contributed by atoms with E-state index in [4.69, 9.17) is 20.0 Å². The Labute approximate surface area is 96.5 Å². The lowest BCUT2D eigenvalue weighted by Gasteiger charge is -1.97. The van der Waals surface area contributed by atoms with Crippen LogP contribution >= 0.6 is 11.3 Å². The molecule has 0 aliphatic rings. The largest absolute Gasteiger partial charge is 0.708 e. The summed E-state index contributed by atoms with van der Waals surface area (Å²) in [5.74, 6) is 0. The number of aryl methyl sites for hydroxylation is 1. The molecular weight excluding hydrogens is 225 g/mol. The Kier molecular flexibility index (Phi) is 2.83. The van der Waals surface area contributed by atoms with Crippen molar-refractivity contribution < 1.29 is 14.7 Å². The molecule has 16 heavy (non-hydrogen) atoms. The number of rotatable bonds is 2. The maximum atomic E-state index is 8.97. The molecule has 0 radical (unpaired) electrons. The Morgan fingerprint density at radius 3 is 2.75 bits per heavy atom. The van der Waals surface area contributed by atoms with Crippen LogP contribution < -0.4 is 4.65 Å². The highest BCUT2D eigenvalue weighted by molar-refractivity contribution is 7.21. The molecule has 0 fully saturated rings. The van der Waals surface area contributed by atoms with Crippen molar-refractivity contribution >= 4 is 28.7 Å².